The second-order valence-corrected chi connectivity index (χ2v) is 13.0. The van der Waals surface area contributed by atoms with E-state index in [1.807, 2.05) is 53.7 Å². The lowest BCUT2D eigenvalue weighted by Gasteiger charge is -2.39. The summed E-state index contributed by atoms with van der Waals surface area (Å²) < 4.78 is 63.4. The number of pyridine rings is 2. The number of imide groups is 1. The molecule has 1 N–H and O–H groups in total. The molecule has 4 rings (SSSR count). The van der Waals surface area contributed by atoms with Crippen molar-refractivity contribution in [2.45, 2.75) is 69.3 Å². The van der Waals surface area contributed by atoms with Gasteiger partial charge in [-0.1, -0.05) is 13.8 Å². The van der Waals surface area contributed by atoms with Crippen LogP contribution in [0.1, 0.15) is 64.5 Å². The second-order valence-electron chi connectivity index (χ2n) is 11.1. The van der Waals surface area contributed by atoms with Crippen LogP contribution >= 0.6 is 0 Å². The summed E-state index contributed by atoms with van der Waals surface area (Å²) in [5.41, 5.74) is -5.65. The van der Waals surface area contributed by atoms with E-state index in [1.165, 1.54) is 0 Å². The van der Waals surface area contributed by atoms with Crippen LogP contribution in [0.5, 0.6) is 0 Å². The van der Waals surface area contributed by atoms with Gasteiger partial charge in [0, 0.05) is 50.4 Å². The van der Waals surface area contributed by atoms with Crippen LogP contribution in [0.3, 0.4) is 0 Å². The van der Waals surface area contributed by atoms with E-state index >= 15 is 0 Å². The Hall–Kier alpha value is -4.20. The first-order valence-corrected chi connectivity index (χ1v) is 16.7. The maximum absolute atomic E-state index is 14.7. The van der Waals surface area contributed by atoms with E-state index in [2.05, 4.69) is 25.1 Å². The molecule has 1 fully saturated rings. The third-order valence-corrected chi connectivity index (χ3v) is 10.4. The van der Waals surface area contributed by atoms with Gasteiger partial charge in [-0.25, -0.2) is 28.1 Å². The molecule has 1 aliphatic heterocycles. The fraction of sp³-hybridized carbons (Fsp3) is 0.438. The lowest BCUT2D eigenvalue weighted by molar-refractivity contribution is -0.123. The van der Waals surface area contributed by atoms with E-state index in [4.69, 9.17) is 0 Å². The Labute approximate surface area is 267 Å². The van der Waals surface area contributed by atoms with Crippen LogP contribution in [0.25, 0.3) is 0 Å². The van der Waals surface area contributed by atoms with Gasteiger partial charge in [0.25, 0.3) is 15.7 Å². The van der Waals surface area contributed by atoms with Crippen LogP contribution in [0.15, 0.2) is 65.8 Å². The van der Waals surface area contributed by atoms with Crippen molar-refractivity contribution in [2.75, 3.05) is 40.9 Å². The number of hydrogen-bond donors (Lipinski definition) is 1. The number of carbonyl (C=O) groups is 2. The predicted molar refractivity (Wildman–Crippen MR) is 171 cm³/mol. The number of carbonyl (C=O) groups excluding carboxylic acids is 2. The maximum atomic E-state index is 14.7. The van der Waals surface area contributed by atoms with E-state index in [9.17, 15) is 31.2 Å². The Morgan fingerprint density at radius 2 is 1.24 bits per heavy atom. The Morgan fingerprint density at radius 1 is 0.804 bits per heavy atom. The van der Waals surface area contributed by atoms with Gasteiger partial charge in [-0.15, -0.1) is 0 Å². The van der Waals surface area contributed by atoms with Crippen LogP contribution in [0, 0.1) is 0 Å². The van der Waals surface area contributed by atoms with E-state index in [1.54, 1.807) is 24.5 Å². The molecule has 1 aliphatic rings. The lowest BCUT2D eigenvalue weighted by Crippen LogP contribution is -2.55. The van der Waals surface area contributed by atoms with Crippen LogP contribution in [-0.2, 0) is 14.6 Å². The zero-order chi connectivity index (χ0) is 34.0. The van der Waals surface area contributed by atoms with Crippen molar-refractivity contribution >= 4 is 39.1 Å². The number of nitrogens with zero attached hydrogens (tertiary/aromatic N) is 5. The van der Waals surface area contributed by atoms with Crippen molar-refractivity contribution in [3.63, 3.8) is 0 Å². The normalized spacial score (nSPS) is 18.3. The first kappa shape index (κ1) is 34.7. The summed E-state index contributed by atoms with van der Waals surface area (Å²) in [4.78, 5) is 41.4. The van der Waals surface area contributed by atoms with E-state index in [-0.39, 0.29) is 5.69 Å². The van der Waals surface area contributed by atoms with Crippen molar-refractivity contribution in [2.24, 2.45) is 0 Å². The minimum Gasteiger partial charge on any atom is -0.357 e. The van der Waals surface area contributed by atoms with Crippen molar-refractivity contribution in [1.29, 1.82) is 0 Å². The minimum atomic E-state index is -5.62. The van der Waals surface area contributed by atoms with Gasteiger partial charge in [-0.05, 0) is 87.4 Å². The number of sulfone groups is 1. The van der Waals surface area contributed by atoms with Gasteiger partial charge in [0.05, 0.1) is 10.6 Å². The Morgan fingerprint density at radius 3 is 1.63 bits per heavy atom. The highest BCUT2D eigenvalue weighted by Crippen LogP contribution is 2.45. The van der Waals surface area contributed by atoms with Gasteiger partial charge >= 0.3 is 11.5 Å². The zero-order valence-electron chi connectivity index (χ0n) is 26.7. The first-order chi connectivity index (χ1) is 21.7. The molecule has 2 atom stereocenters. The third kappa shape index (κ3) is 6.02. The van der Waals surface area contributed by atoms with E-state index < -0.39 is 49.6 Å². The van der Waals surface area contributed by atoms with Crippen LogP contribution < -0.4 is 20.0 Å². The van der Waals surface area contributed by atoms with Gasteiger partial charge in [0.1, 0.15) is 17.2 Å². The number of anilines is 3. The molecule has 0 radical (unpaired) electrons. The molecule has 0 bridgehead atoms. The standard InChI is InChI=1S/C32H39F3N6O4S/c1-7-39(8-2)27-19-23(15-17-36-27)21(5)31(22(6)24-16-18-37-28(20-24)40(9-3)10-4)29(42)41(30(43)38-31)25-11-13-26(14-12-25)46(44,45)32(33,34)35/h11-22H,7-10H2,1-6H3,(H,38,43). The highest BCUT2D eigenvalue weighted by Gasteiger charge is 2.59. The Bertz CT molecular complexity index is 1610. The number of halogens is 3. The number of hydrogen-bond acceptors (Lipinski definition) is 8. The van der Waals surface area contributed by atoms with Gasteiger partial charge in [0.15, 0.2) is 0 Å². The number of benzene rings is 1. The van der Waals surface area contributed by atoms with Crippen molar-refractivity contribution in [3.05, 3.63) is 72.1 Å². The largest absolute Gasteiger partial charge is 0.501 e. The molecule has 3 aromatic rings. The van der Waals surface area contributed by atoms with Crippen molar-refractivity contribution < 1.29 is 31.2 Å². The summed E-state index contributed by atoms with van der Waals surface area (Å²) >= 11 is 0. The molecule has 3 amide bonds. The molecule has 3 heterocycles. The molecule has 14 heteroatoms. The topological polar surface area (TPSA) is 116 Å². The van der Waals surface area contributed by atoms with E-state index in [0.29, 0.717) is 37.8 Å². The van der Waals surface area contributed by atoms with Crippen LogP contribution in [0.4, 0.5) is 35.3 Å². The summed E-state index contributed by atoms with van der Waals surface area (Å²) in [5.74, 6) is -0.446. The average molecular weight is 661 g/mol. The first-order valence-electron chi connectivity index (χ1n) is 15.2. The number of rotatable bonds is 12. The molecule has 1 saturated heterocycles. The molecule has 2 unspecified atom stereocenters. The predicted octanol–water partition coefficient (Wildman–Crippen LogP) is 5.86. The van der Waals surface area contributed by atoms with Crippen LogP contribution in [0.2, 0.25) is 0 Å². The second kappa shape index (κ2) is 13.3. The lowest BCUT2D eigenvalue weighted by atomic mass is 9.70. The summed E-state index contributed by atoms with van der Waals surface area (Å²) in [7, 11) is -5.62. The van der Waals surface area contributed by atoms with Gasteiger partial charge in [-0.3, -0.25) is 4.79 Å². The number of aromatic nitrogens is 2. The van der Waals surface area contributed by atoms with Crippen molar-refractivity contribution in [1.82, 2.24) is 15.3 Å². The smallest absolute Gasteiger partial charge is 0.357 e. The molecular formula is C32H39F3N6O4S. The number of nitrogens with one attached hydrogen (secondary N) is 1. The maximum Gasteiger partial charge on any atom is 0.501 e. The fourth-order valence-electron chi connectivity index (χ4n) is 6.04. The Kier molecular flexibility index (Phi) is 10.00. The number of alkyl halides is 3. The summed E-state index contributed by atoms with van der Waals surface area (Å²) in [6.07, 6.45) is 3.31. The molecule has 1 aromatic carbocycles. The minimum absolute atomic E-state index is 0.0676. The quantitative estimate of drug-likeness (QED) is 0.240. The van der Waals surface area contributed by atoms with Crippen molar-refractivity contribution in [3.8, 4) is 0 Å². The molecule has 10 nitrogen and oxygen atoms in total. The molecule has 46 heavy (non-hydrogen) atoms. The summed E-state index contributed by atoms with van der Waals surface area (Å²) in [6.45, 7) is 14.5. The number of urea groups is 1. The molecule has 0 spiro atoms. The molecule has 248 valence electrons. The zero-order valence-corrected chi connectivity index (χ0v) is 27.5. The monoisotopic (exact) mass is 660 g/mol. The van der Waals surface area contributed by atoms with Gasteiger partial charge in [0.2, 0.25) is 0 Å². The SMILES string of the molecule is CCN(CC)c1cc(C(C)C2(C(C)c3ccnc(N(CC)CC)c3)NC(=O)N(c3ccc(S(=O)(=O)C(F)(F)F)cc3)C2=O)ccn1. The van der Waals surface area contributed by atoms with Crippen LogP contribution in [-0.4, -0.2) is 67.6 Å². The Balaban J connectivity index is 1.86. The number of amides is 3. The highest BCUT2D eigenvalue weighted by atomic mass is 32.2. The average Bonchev–Trinajstić information content (AvgIpc) is 3.31. The molecular weight excluding hydrogens is 621 g/mol. The highest BCUT2D eigenvalue weighted by molar-refractivity contribution is 7.92. The fourth-order valence-corrected chi connectivity index (χ4v) is 6.80. The van der Waals surface area contributed by atoms with Gasteiger partial charge < -0.3 is 15.1 Å². The third-order valence-electron chi connectivity index (χ3n) is 8.86. The molecule has 0 saturated carbocycles. The van der Waals surface area contributed by atoms with E-state index in [0.717, 1.165) is 40.3 Å². The summed E-state index contributed by atoms with van der Waals surface area (Å²) in [6, 6.07) is 10.1. The molecule has 2 aromatic heterocycles. The van der Waals surface area contributed by atoms with Gasteiger partial charge in [-0.2, -0.15) is 13.2 Å². The summed E-state index contributed by atoms with van der Waals surface area (Å²) in [5, 5.41) is 2.96. The molecule has 0 aliphatic carbocycles.